The molecule has 2 fully saturated rings. The van der Waals surface area contributed by atoms with Gasteiger partial charge in [0.25, 0.3) is 5.69 Å². The van der Waals surface area contributed by atoms with Gasteiger partial charge < -0.3 is 9.80 Å². The minimum atomic E-state index is -4.63. The maximum Gasteiger partial charge on any atom is 0.416 e. The fourth-order valence-corrected chi connectivity index (χ4v) is 4.03. The molecule has 1 amide bonds. The van der Waals surface area contributed by atoms with Crippen molar-refractivity contribution in [3.8, 4) is 0 Å². The van der Waals surface area contributed by atoms with Crippen molar-refractivity contribution in [3.05, 3.63) is 33.9 Å². The molecule has 1 aromatic carbocycles. The lowest BCUT2D eigenvalue weighted by Crippen LogP contribution is -2.43. The number of likely N-dealkylation sites (tertiary alicyclic amines) is 1. The van der Waals surface area contributed by atoms with Crippen LogP contribution in [-0.4, -0.2) is 41.9 Å². The molecule has 154 valence electrons. The highest BCUT2D eigenvalue weighted by molar-refractivity contribution is 5.79. The number of piperidine rings is 1. The van der Waals surface area contributed by atoms with Crippen molar-refractivity contribution in [2.75, 3.05) is 31.1 Å². The molecule has 0 saturated carbocycles. The number of nitrogens with zero attached hydrogens (tertiary/aromatic N) is 3. The Morgan fingerprint density at radius 3 is 2.18 bits per heavy atom. The van der Waals surface area contributed by atoms with Crippen LogP contribution in [0.1, 0.15) is 44.1 Å². The highest BCUT2D eigenvalue weighted by Crippen LogP contribution is 2.37. The van der Waals surface area contributed by atoms with E-state index in [4.69, 9.17) is 0 Å². The Hall–Kier alpha value is -2.32. The van der Waals surface area contributed by atoms with E-state index in [0.717, 1.165) is 50.9 Å². The smallest absolute Gasteiger partial charge is 0.366 e. The van der Waals surface area contributed by atoms with Crippen molar-refractivity contribution in [2.24, 2.45) is 5.92 Å². The van der Waals surface area contributed by atoms with Crippen LogP contribution in [0.2, 0.25) is 0 Å². The number of carbonyl (C=O) groups is 1. The fraction of sp³-hybridized carbons (Fsp3) is 0.632. The van der Waals surface area contributed by atoms with E-state index in [1.807, 2.05) is 4.90 Å². The molecule has 2 saturated heterocycles. The molecule has 0 atom stereocenters. The first-order valence-corrected chi connectivity index (χ1v) is 9.67. The third kappa shape index (κ3) is 4.56. The van der Waals surface area contributed by atoms with E-state index in [0.29, 0.717) is 32.0 Å². The average Bonchev–Trinajstić information content (AvgIpc) is 2.96. The van der Waals surface area contributed by atoms with Crippen LogP contribution in [0.25, 0.3) is 0 Å². The molecule has 0 unspecified atom stereocenters. The van der Waals surface area contributed by atoms with Gasteiger partial charge in [0.05, 0.1) is 10.5 Å². The van der Waals surface area contributed by atoms with Gasteiger partial charge in [-0.25, -0.2) is 0 Å². The van der Waals surface area contributed by atoms with E-state index in [-0.39, 0.29) is 17.5 Å². The van der Waals surface area contributed by atoms with Gasteiger partial charge in [0.15, 0.2) is 0 Å². The summed E-state index contributed by atoms with van der Waals surface area (Å²) >= 11 is 0. The van der Waals surface area contributed by atoms with Crippen LogP contribution in [0, 0.1) is 16.0 Å². The summed E-state index contributed by atoms with van der Waals surface area (Å²) in [7, 11) is 0. The van der Waals surface area contributed by atoms with Crippen molar-refractivity contribution >= 4 is 17.3 Å². The fourth-order valence-electron chi connectivity index (χ4n) is 4.03. The molecule has 3 rings (SSSR count). The minimum Gasteiger partial charge on any atom is -0.366 e. The third-order valence-electron chi connectivity index (χ3n) is 5.60. The lowest BCUT2D eigenvalue weighted by Gasteiger charge is -2.35. The van der Waals surface area contributed by atoms with Crippen LogP contribution in [-0.2, 0) is 11.0 Å². The second-order valence-corrected chi connectivity index (χ2v) is 7.46. The first-order chi connectivity index (χ1) is 13.3. The molecule has 0 aliphatic carbocycles. The first-order valence-electron chi connectivity index (χ1n) is 9.67. The predicted molar refractivity (Wildman–Crippen MR) is 98.1 cm³/mol. The van der Waals surface area contributed by atoms with E-state index in [1.54, 1.807) is 4.90 Å². The number of carbonyl (C=O) groups excluding carboxylic acids is 1. The summed E-state index contributed by atoms with van der Waals surface area (Å²) in [5, 5.41) is 11.3. The summed E-state index contributed by atoms with van der Waals surface area (Å²) in [6.07, 6.45) is 0.779. The molecule has 0 N–H and O–H groups in total. The zero-order chi connectivity index (χ0) is 20.3. The molecule has 2 aliphatic rings. The number of alkyl halides is 3. The van der Waals surface area contributed by atoms with Gasteiger partial charge in [-0.3, -0.25) is 14.9 Å². The molecule has 28 heavy (non-hydrogen) atoms. The normalized spacial score (nSPS) is 19.4. The molecule has 0 bridgehead atoms. The molecule has 2 heterocycles. The van der Waals surface area contributed by atoms with Gasteiger partial charge in [-0.2, -0.15) is 13.2 Å². The number of rotatable bonds is 3. The van der Waals surface area contributed by atoms with E-state index in [1.165, 1.54) is 0 Å². The zero-order valence-electron chi connectivity index (χ0n) is 15.6. The molecule has 2 aliphatic heterocycles. The van der Waals surface area contributed by atoms with Crippen molar-refractivity contribution in [2.45, 2.75) is 44.7 Å². The number of hydrogen-bond acceptors (Lipinski definition) is 4. The second kappa shape index (κ2) is 8.36. The number of benzene rings is 1. The van der Waals surface area contributed by atoms with Crippen molar-refractivity contribution < 1.29 is 22.9 Å². The van der Waals surface area contributed by atoms with Crippen molar-refractivity contribution in [1.29, 1.82) is 0 Å². The van der Waals surface area contributed by atoms with E-state index in [9.17, 15) is 28.1 Å². The maximum absolute atomic E-state index is 12.9. The van der Waals surface area contributed by atoms with Crippen molar-refractivity contribution in [1.82, 2.24) is 4.90 Å². The van der Waals surface area contributed by atoms with Crippen LogP contribution in [0.4, 0.5) is 24.5 Å². The maximum atomic E-state index is 12.9. The van der Waals surface area contributed by atoms with Gasteiger partial charge in [0.2, 0.25) is 5.91 Å². The Morgan fingerprint density at radius 2 is 1.64 bits per heavy atom. The predicted octanol–water partition coefficient (Wildman–Crippen LogP) is 4.23. The number of nitro groups is 1. The van der Waals surface area contributed by atoms with E-state index >= 15 is 0 Å². The van der Waals surface area contributed by atoms with Crippen LogP contribution in [0.15, 0.2) is 18.2 Å². The Morgan fingerprint density at radius 1 is 1.04 bits per heavy atom. The summed E-state index contributed by atoms with van der Waals surface area (Å²) in [6.45, 7) is 2.39. The number of halogens is 3. The van der Waals surface area contributed by atoms with Gasteiger partial charge in [0, 0.05) is 38.2 Å². The molecule has 0 aromatic heterocycles. The van der Waals surface area contributed by atoms with Gasteiger partial charge in [0.1, 0.15) is 5.69 Å². The van der Waals surface area contributed by atoms with Crippen LogP contribution < -0.4 is 4.90 Å². The number of anilines is 1. The summed E-state index contributed by atoms with van der Waals surface area (Å²) in [6, 6.07) is 2.62. The average molecular weight is 399 g/mol. The van der Waals surface area contributed by atoms with Gasteiger partial charge in [-0.05, 0) is 37.8 Å². The van der Waals surface area contributed by atoms with E-state index in [2.05, 4.69) is 0 Å². The highest BCUT2D eigenvalue weighted by Gasteiger charge is 2.35. The van der Waals surface area contributed by atoms with Crippen molar-refractivity contribution in [3.63, 3.8) is 0 Å². The SMILES string of the molecule is O=C(C1CCN(c2ccc(C(F)(F)F)cc2[N+](=O)[O-])CC1)N1CCCCCC1. The Kier molecular flexibility index (Phi) is 6.10. The Bertz CT molecular complexity index is 723. The molecular formula is C19H24F3N3O3. The number of amides is 1. The van der Waals surface area contributed by atoms with Gasteiger partial charge in [-0.1, -0.05) is 12.8 Å². The molecule has 0 spiro atoms. The van der Waals surface area contributed by atoms with Gasteiger partial charge in [-0.15, -0.1) is 0 Å². The lowest BCUT2D eigenvalue weighted by atomic mass is 9.94. The molecule has 9 heteroatoms. The quantitative estimate of drug-likeness (QED) is 0.563. The zero-order valence-corrected chi connectivity index (χ0v) is 15.6. The summed E-state index contributed by atoms with van der Waals surface area (Å²) in [5.74, 6) is 0.0197. The van der Waals surface area contributed by atoms with Crippen LogP contribution in [0.5, 0.6) is 0 Å². The highest BCUT2D eigenvalue weighted by atomic mass is 19.4. The molecule has 6 nitrogen and oxygen atoms in total. The van der Waals surface area contributed by atoms with E-state index < -0.39 is 22.4 Å². The van der Waals surface area contributed by atoms with Crippen LogP contribution >= 0.6 is 0 Å². The number of nitro benzene ring substituents is 1. The first kappa shape index (κ1) is 20.4. The summed E-state index contributed by atoms with van der Waals surface area (Å²) < 4.78 is 38.6. The Labute approximate surface area is 161 Å². The number of hydrogen-bond donors (Lipinski definition) is 0. The van der Waals surface area contributed by atoms with Gasteiger partial charge >= 0.3 is 6.18 Å². The topological polar surface area (TPSA) is 66.7 Å². The second-order valence-electron chi connectivity index (χ2n) is 7.46. The largest absolute Gasteiger partial charge is 0.416 e. The molecule has 0 radical (unpaired) electrons. The molecule has 1 aromatic rings. The standard InChI is InChI=1S/C19H24F3N3O3/c20-19(21,22)15-5-6-16(17(13-15)25(27)28)23-11-7-14(8-12-23)18(26)24-9-3-1-2-4-10-24/h5-6,13-14H,1-4,7-12H2. The Balaban J connectivity index is 1.69. The lowest BCUT2D eigenvalue weighted by molar-refractivity contribution is -0.384. The third-order valence-corrected chi connectivity index (χ3v) is 5.60. The summed E-state index contributed by atoms with van der Waals surface area (Å²) in [5.41, 5.74) is -1.40. The minimum absolute atomic E-state index is 0.122. The monoisotopic (exact) mass is 399 g/mol. The van der Waals surface area contributed by atoms with Crippen LogP contribution in [0.3, 0.4) is 0 Å². The summed E-state index contributed by atoms with van der Waals surface area (Å²) in [4.78, 5) is 26.9. The molecular weight excluding hydrogens is 375 g/mol.